The van der Waals surface area contributed by atoms with Crippen LogP contribution in [0.2, 0.25) is 0 Å². The summed E-state index contributed by atoms with van der Waals surface area (Å²) >= 11 is 0. The molecule has 0 aromatic carbocycles. The third-order valence-corrected chi connectivity index (χ3v) is 3.12. The van der Waals surface area contributed by atoms with E-state index in [-0.39, 0.29) is 25.0 Å². The van der Waals surface area contributed by atoms with Gasteiger partial charge in [-0.2, -0.15) is 0 Å². The molecule has 0 aromatic heterocycles. The number of carbonyl (C=O) groups excluding carboxylic acids is 2. The third-order valence-electron chi connectivity index (χ3n) is 3.12. The fourth-order valence-electron chi connectivity index (χ4n) is 1.94. The zero-order valence-electron chi connectivity index (χ0n) is 11.8. The van der Waals surface area contributed by atoms with Crippen LogP contribution >= 0.6 is 0 Å². The number of imide groups is 1. The Bertz CT molecular complexity index is 392. The molecule has 0 atom stereocenters. The minimum atomic E-state index is -0.925. The lowest BCUT2D eigenvalue weighted by atomic mass is 10.1. The van der Waals surface area contributed by atoms with Gasteiger partial charge in [-0.15, -0.1) is 0 Å². The second-order valence-corrected chi connectivity index (χ2v) is 5.47. The van der Waals surface area contributed by atoms with Gasteiger partial charge in [-0.05, 0) is 27.7 Å². The summed E-state index contributed by atoms with van der Waals surface area (Å²) in [7, 11) is 0. The van der Waals surface area contributed by atoms with Gasteiger partial charge in [0.05, 0.1) is 6.54 Å². The maximum absolute atomic E-state index is 11.9. The van der Waals surface area contributed by atoms with Crippen LogP contribution < -0.4 is 5.32 Å². The molecule has 1 fully saturated rings. The van der Waals surface area contributed by atoms with Gasteiger partial charge in [0.25, 0.3) is 5.91 Å². The Morgan fingerprint density at radius 1 is 1.42 bits per heavy atom. The summed E-state index contributed by atoms with van der Waals surface area (Å²) in [5.41, 5.74) is -0.882. The Morgan fingerprint density at radius 2 is 2.00 bits per heavy atom. The highest BCUT2D eigenvalue weighted by atomic mass is 16.4. The van der Waals surface area contributed by atoms with Gasteiger partial charge >= 0.3 is 12.0 Å². The molecule has 1 heterocycles. The van der Waals surface area contributed by atoms with E-state index in [1.54, 1.807) is 18.7 Å². The number of nitrogens with zero attached hydrogens (tertiary/aromatic N) is 2. The minimum absolute atomic E-state index is 0.0323. The number of urea groups is 1. The van der Waals surface area contributed by atoms with Crippen molar-refractivity contribution in [2.24, 2.45) is 0 Å². The average Bonchev–Trinajstić information content (AvgIpc) is 2.43. The van der Waals surface area contributed by atoms with Crippen molar-refractivity contribution in [1.29, 1.82) is 0 Å². The highest BCUT2D eigenvalue weighted by molar-refractivity contribution is 6.06. The Labute approximate surface area is 112 Å². The molecule has 1 rings (SSSR count). The lowest BCUT2D eigenvalue weighted by molar-refractivity contribution is -0.138. The third kappa shape index (κ3) is 3.66. The van der Waals surface area contributed by atoms with Gasteiger partial charge in [0.1, 0.15) is 5.54 Å². The second kappa shape index (κ2) is 5.56. The van der Waals surface area contributed by atoms with Gasteiger partial charge in [0.15, 0.2) is 0 Å². The molecule has 0 unspecified atom stereocenters. The summed E-state index contributed by atoms with van der Waals surface area (Å²) in [5.74, 6) is -1.21. The Morgan fingerprint density at radius 3 is 2.37 bits per heavy atom. The predicted molar refractivity (Wildman–Crippen MR) is 68.7 cm³/mol. The highest BCUT2D eigenvalue weighted by Gasteiger charge is 2.44. The van der Waals surface area contributed by atoms with Crippen LogP contribution in [0.25, 0.3) is 0 Å². The molecule has 1 aliphatic rings. The first-order valence-corrected chi connectivity index (χ1v) is 6.25. The topological polar surface area (TPSA) is 90.0 Å². The number of hydrogen-bond donors (Lipinski definition) is 2. The predicted octanol–water partition coefficient (Wildman–Crippen LogP) is 0.112. The molecule has 7 heteroatoms. The summed E-state index contributed by atoms with van der Waals surface area (Å²) < 4.78 is 0. The molecule has 1 saturated heterocycles. The van der Waals surface area contributed by atoms with E-state index < -0.39 is 17.5 Å². The molecule has 0 bridgehead atoms. The molecule has 0 aliphatic carbocycles. The van der Waals surface area contributed by atoms with Crippen molar-refractivity contribution in [2.45, 2.75) is 39.3 Å². The molecule has 0 aromatic rings. The minimum Gasteiger partial charge on any atom is -0.480 e. The van der Waals surface area contributed by atoms with E-state index in [1.807, 2.05) is 13.8 Å². The first-order valence-electron chi connectivity index (χ1n) is 6.25. The molecule has 108 valence electrons. The van der Waals surface area contributed by atoms with E-state index in [2.05, 4.69) is 5.32 Å². The lowest BCUT2D eigenvalue weighted by Gasteiger charge is -2.26. The van der Waals surface area contributed by atoms with Crippen LogP contribution in [0, 0.1) is 0 Å². The summed E-state index contributed by atoms with van der Waals surface area (Å²) in [4.78, 5) is 37.2. The van der Waals surface area contributed by atoms with Crippen molar-refractivity contribution in [3.63, 3.8) is 0 Å². The summed E-state index contributed by atoms with van der Waals surface area (Å²) in [5, 5.41) is 11.4. The maximum Gasteiger partial charge on any atom is 0.325 e. The summed E-state index contributed by atoms with van der Waals surface area (Å²) in [6.07, 6.45) is 0. The number of carbonyl (C=O) groups is 3. The van der Waals surface area contributed by atoms with Crippen molar-refractivity contribution in [3.8, 4) is 0 Å². The molecule has 7 nitrogen and oxygen atoms in total. The van der Waals surface area contributed by atoms with E-state index in [9.17, 15) is 14.4 Å². The largest absolute Gasteiger partial charge is 0.480 e. The zero-order valence-corrected chi connectivity index (χ0v) is 11.8. The molecule has 1 aliphatic heterocycles. The second-order valence-electron chi connectivity index (χ2n) is 5.47. The van der Waals surface area contributed by atoms with Gasteiger partial charge in [0, 0.05) is 19.1 Å². The summed E-state index contributed by atoms with van der Waals surface area (Å²) in [6, 6.07) is -0.390. The zero-order chi connectivity index (χ0) is 14.8. The Kier molecular flexibility index (Phi) is 4.52. The number of amides is 3. The number of carboxylic acids is 1. The Balaban J connectivity index is 2.62. The molecule has 0 saturated carbocycles. The van der Waals surface area contributed by atoms with Crippen LogP contribution in [-0.4, -0.2) is 64.0 Å². The molecule has 0 spiro atoms. The molecule has 0 radical (unpaired) electrons. The van der Waals surface area contributed by atoms with Crippen LogP contribution in [-0.2, 0) is 9.59 Å². The van der Waals surface area contributed by atoms with Crippen LogP contribution in [0.3, 0.4) is 0 Å². The monoisotopic (exact) mass is 271 g/mol. The van der Waals surface area contributed by atoms with Gasteiger partial charge in [-0.3, -0.25) is 19.4 Å². The van der Waals surface area contributed by atoms with Crippen LogP contribution in [0.5, 0.6) is 0 Å². The highest BCUT2D eigenvalue weighted by Crippen LogP contribution is 2.16. The molecular formula is C12H21N3O4. The molecular weight excluding hydrogens is 250 g/mol. The first kappa shape index (κ1) is 15.4. The number of rotatable bonds is 6. The SMILES string of the molecule is CC(C)N(CCN1C(=O)NC(C)(C)C1=O)CC(=O)O. The van der Waals surface area contributed by atoms with Crippen molar-refractivity contribution >= 4 is 17.9 Å². The lowest BCUT2D eigenvalue weighted by Crippen LogP contribution is -2.44. The van der Waals surface area contributed by atoms with E-state index in [4.69, 9.17) is 5.11 Å². The molecule has 19 heavy (non-hydrogen) atoms. The van der Waals surface area contributed by atoms with E-state index in [0.29, 0.717) is 6.54 Å². The maximum atomic E-state index is 11.9. The molecule has 2 N–H and O–H groups in total. The van der Waals surface area contributed by atoms with Crippen molar-refractivity contribution < 1.29 is 19.5 Å². The van der Waals surface area contributed by atoms with Crippen molar-refractivity contribution in [3.05, 3.63) is 0 Å². The quantitative estimate of drug-likeness (QED) is 0.669. The van der Waals surface area contributed by atoms with E-state index in [1.165, 1.54) is 0 Å². The van der Waals surface area contributed by atoms with Gasteiger partial charge in [-0.1, -0.05) is 0 Å². The first-order chi connectivity index (χ1) is 8.65. The van der Waals surface area contributed by atoms with E-state index in [0.717, 1.165) is 4.90 Å². The van der Waals surface area contributed by atoms with E-state index >= 15 is 0 Å². The van der Waals surface area contributed by atoms with Gasteiger partial charge in [0.2, 0.25) is 0 Å². The van der Waals surface area contributed by atoms with Crippen molar-refractivity contribution in [1.82, 2.24) is 15.1 Å². The van der Waals surface area contributed by atoms with Crippen LogP contribution in [0.15, 0.2) is 0 Å². The number of hydrogen-bond acceptors (Lipinski definition) is 4. The number of aliphatic carboxylic acids is 1. The van der Waals surface area contributed by atoms with Crippen molar-refractivity contribution in [2.75, 3.05) is 19.6 Å². The normalized spacial score (nSPS) is 18.3. The fourth-order valence-corrected chi connectivity index (χ4v) is 1.94. The number of carboxylic acid groups (broad SMARTS) is 1. The van der Waals surface area contributed by atoms with Crippen LogP contribution in [0.1, 0.15) is 27.7 Å². The molecule has 3 amide bonds. The average molecular weight is 271 g/mol. The Hall–Kier alpha value is -1.63. The van der Waals surface area contributed by atoms with Gasteiger partial charge in [-0.25, -0.2) is 4.79 Å². The summed E-state index contributed by atoms with van der Waals surface area (Å²) in [6.45, 7) is 7.47. The smallest absolute Gasteiger partial charge is 0.325 e. The fraction of sp³-hybridized carbons (Fsp3) is 0.750. The standard InChI is InChI=1S/C12H21N3O4/c1-8(2)14(7-9(16)17)5-6-15-10(18)12(3,4)13-11(15)19/h8H,5-7H2,1-4H3,(H,13,19)(H,16,17). The number of nitrogens with one attached hydrogen (secondary N) is 1. The van der Waals surface area contributed by atoms with Gasteiger partial charge < -0.3 is 10.4 Å². The van der Waals surface area contributed by atoms with Crippen LogP contribution in [0.4, 0.5) is 4.79 Å².